The van der Waals surface area contributed by atoms with Crippen LogP contribution >= 0.6 is 0 Å². The SMILES string of the molecule is COc1ccc(-c2nnc(C3(OC)CCOC3)o2)cc1-c1ccccn1. The summed E-state index contributed by atoms with van der Waals surface area (Å²) in [6.45, 7) is 1.02. The van der Waals surface area contributed by atoms with Crippen LogP contribution in [0.15, 0.2) is 47.0 Å². The van der Waals surface area contributed by atoms with Crippen molar-refractivity contribution in [1.29, 1.82) is 0 Å². The summed E-state index contributed by atoms with van der Waals surface area (Å²) in [6, 6.07) is 11.4. The fourth-order valence-corrected chi connectivity index (χ4v) is 3.05. The number of methoxy groups -OCH3 is 2. The Labute approximate surface area is 150 Å². The molecule has 26 heavy (non-hydrogen) atoms. The molecule has 0 saturated carbocycles. The summed E-state index contributed by atoms with van der Waals surface area (Å²) < 4.78 is 22.5. The number of nitrogens with zero attached hydrogens (tertiary/aromatic N) is 3. The minimum atomic E-state index is -0.665. The lowest BCUT2D eigenvalue weighted by Gasteiger charge is -2.20. The number of ether oxygens (including phenoxy) is 3. The van der Waals surface area contributed by atoms with Crippen LogP contribution in [-0.4, -0.2) is 42.6 Å². The predicted octanol–water partition coefficient (Wildman–Crippen LogP) is 3.07. The van der Waals surface area contributed by atoms with E-state index in [4.69, 9.17) is 18.6 Å². The number of aromatic nitrogens is 3. The maximum atomic E-state index is 5.92. The van der Waals surface area contributed by atoms with Crippen LogP contribution in [-0.2, 0) is 15.1 Å². The van der Waals surface area contributed by atoms with Gasteiger partial charge in [0, 0.05) is 30.9 Å². The largest absolute Gasteiger partial charge is 0.496 e. The fourth-order valence-electron chi connectivity index (χ4n) is 3.05. The van der Waals surface area contributed by atoms with Gasteiger partial charge in [0.05, 0.1) is 26.0 Å². The number of hydrogen-bond donors (Lipinski definition) is 0. The molecule has 4 rings (SSSR count). The Kier molecular flexibility index (Phi) is 4.40. The van der Waals surface area contributed by atoms with Crippen LogP contribution in [0.5, 0.6) is 5.75 Å². The topological polar surface area (TPSA) is 79.5 Å². The third-order valence-corrected chi connectivity index (χ3v) is 4.58. The molecule has 0 N–H and O–H groups in total. The molecule has 0 radical (unpaired) electrons. The third kappa shape index (κ3) is 2.85. The summed E-state index contributed by atoms with van der Waals surface area (Å²) >= 11 is 0. The average Bonchev–Trinajstić information content (AvgIpc) is 3.38. The summed E-state index contributed by atoms with van der Waals surface area (Å²) in [5, 5.41) is 8.39. The molecule has 1 aromatic carbocycles. The van der Waals surface area contributed by atoms with E-state index < -0.39 is 5.60 Å². The van der Waals surface area contributed by atoms with E-state index in [-0.39, 0.29) is 0 Å². The number of hydrogen-bond acceptors (Lipinski definition) is 7. The molecule has 1 fully saturated rings. The molecule has 0 spiro atoms. The van der Waals surface area contributed by atoms with Gasteiger partial charge in [-0.25, -0.2) is 0 Å². The minimum absolute atomic E-state index is 0.410. The standard InChI is InChI=1S/C19H19N3O4/c1-23-16-7-6-13(11-14(16)15-5-3-4-9-20-15)17-21-22-18(26-17)19(24-2)8-10-25-12-19/h3-7,9,11H,8,10,12H2,1-2H3. The van der Waals surface area contributed by atoms with E-state index in [2.05, 4.69) is 15.2 Å². The van der Waals surface area contributed by atoms with Crippen LogP contribution in [0, 0.1) is 0 Å². The van der Waals surface area contributed by atoms with Gasteiger partial charge < -0.3 is 18.6 Å². The third-order valence-electron chi connectivity index (χ3n) is 4.58. The molecule has 0 amide bonds. The Bertz CT molecular complexity index is 889. The van der Waals surface area contributed by atoms with E-state index in [0.717, 1.165) is 22.6 Å². The molecule has 2 aromatic heterocycles. The second-order valence-electron chi connectivity index (χ2n) is 6.04. The van der Waals surface area contributed by atoms with Crippen LogP contribution in [0.4, 0.5) is 0 Å². The van der Waals surface area contributed by atoms with E-state index in [1.165, 1.54) is 0 Å². The highest BCUT2D eigenvalue weighted by atomic mass is 16.6. The first-order valence-corrected chi connectivity index (χ1v) is 8.32. The van der Waals surface area contributed by atoms with Crippen molar-refractivity contribution in [3.05, 3.63) is 48.5 Å². The van der Waals surface area contributed by atoms with Crippen LogP contribution < -0.4 is 4.74 Å². The summed E-state index contributed by atoms with van der Waals surface area (Å²) in [5.41, 5.74) is 1.79. The fraction of sp³-hybridized carbons (Fsp3) is 0.316. The lowest BCUT2D eigenvalue weighted by molar-refractivity contribution is -0.0407. The van der Waals surface area contributed by atoms with Gasteiger partial charge in [-0.2, -0.15) is 0 Å². The smallest absolute Gasteiger partial charge is 0.251 e. The van der Waals surface area contributed by atoms with Crippen molar-refractivity contribution in [2.24, 2.45) is 0 Å². The molecule has 7 nitrogen and oxygen atoms in total. The molecule has 3 heterocycles. The summed E-state index contributed by atoms with van der Waals surface area (Å²) in [6.07, 6.45) is 2.43. The number of rotatable bonds is 5. The molecule has 0 bridgehead atoms. The van der Waals surface area contributed by atoms with Crippen molar-refractivity contribution < 1.29 is 18.6 Å². The van der Waals surface area contributed by atoms with Gasteiger partial charge in [-0.15, -0.1) is 10.2 Å². The summed E-state index contributed by atoms with van der Waals surface area (Å²) in [4.78, 5) is 4.40. The van der Waals surface area contributed by atoms with E-state index >= 15 is 0 Å². The van der Waals surface area contributed by atoms with E-state index in [1.807, 2.05) is 36.4 Å². The lowest BCUT2D eigenvalue weighted by Crippen LogP contribution is -2.29. The Balaban J connectivity index is 1.73. The van der Waals surface area contributed by atoms with Gasteiger partial charge in [-0.1, -0.05) is 6.07 Å². The second kappa shape index (κ2) is 6.86. The Morgan fingerprint density at radius 1 is 1.12 bits per heavy atom. The first-order valence-electron chi connectivity index (χ1n) is 8.32. The first kappa shape index (κ1) is 16.7. The van der Waals surface area contributed by atoms with Gasteiger partial charge in [0.1, 0.15) is 5.75 Å². The minimum Gasteiger partial charge on any atom is -0.496 e. The van der Waals surface area contributed by atoms with E-state index in [9.17, 15) is 0 Å². The normalized spacial score (nSPS) is 19.6. The van der Waals surface area contributed by atoms with Gasteiger partial charge >= 0.3 is 0 Å². The van der Waals surface area contributed by atoms with Gasteiger partial charge in [0.15, 0.2) is 5.60 Å². The van der Waals surface area contributed by atoms with Crippen molar-refractivity contribution in [2.75, 3.05) is 27.4 Å². The molecule has 0 aliphatic carbocycles. The zero-order chi connectivity index (χ0) is 18.0. The summed E-state index contributed by atoms with van der Waals surface area (Å²) in [7, 11) is 3.26. The predicted molar refractivity (Wildman–Crippen MR) is 93.6 cm³/mol. The van der Waals surface area contributed by atoms with Gasteiger partial charge in [0.2, 0.25) is 5.89 Å². The maximum Gasteiger partial charge on any atom is 0.251 e. The molecule has 1 aliphatic heterocycles. The summed E-state index contributed by atoms with van der Waals surface area (Å²) in [5.74, 6) is 1.58. The quantitative estimate of drug-likeness (QED) is 0.697. The Morgan fingerprint density at radius 3 is 2.73 bits per heavy atom. The van der Waals surface area contributed by atoms with Crippen molar-refractivity contribution in [2.45, 2.75) is 12.0 Å². The molecule has 134 valence electrons. The number of pyridine rings is 1. The van der Waals surface area contributed by atoms with Gasteiger partial charge in [-0.3, -0.25) is 4.98 Å². The van der Waals surface area contributed by atoms with Crippen LogP contribution in [0.2, 0.25) is 0 Å². The van der Waals surface area contributed by atoms with Crippen LogP contribution in [0.1, 0.15) is 12.3 Å². The highest BCUT2D eigenvalue weighted by Crippen LogP contribution is 2.36. The highest BCUT2D eigenvalue weighted by Gasteiger charge is 2.42. The van der Waals surface area contributed by atoms with Crippen molar-refractivity contribution in [3.8, 4) is 28.5 Å². The molecular weight excluding hydrogens is 334 g/mol. The first-order chi connectivity index (χ1) is 12.8. The maximum absolute atomic E-state index is 5.92. The Morgan fingerprint density at radius 2 is 2.04 bits per heavy atom. The molecule has 7 heteroatoms. The average molecular weight is 353 g/mol. The van der Waals surface area contributed by atoms with Crippen molar-refractivity contribution >= 4 is 0 Å². The van der Waals surface area contributed by atoms with Crippen LogP contribution in [0.25, 0.3) is 22.7 Å². The number of benzene rings is 1. The Hall–Kier alpha value is -2.77. The van der Waals surface area contributed by atoms with E-state index in [0.29, 0.717) is 31.4 Å². The van der Waals surface area contributed by atoms with E-state index in [1.54, 1.807) is 20.4 Å². The molecular formula is C19H19N3O4. The second-order valence-corrected chi connectivity index (χ2v) is 6.04. The molecule has 1 aliphatic rings. The lowest BCUT2D eigenvalue weighted by atomic mass is 10.0. The zero-order valence-electron chi connectivity index (χ0n) is 14.6. The monoisotopic (exact) mass is 353 g/mol. The zero-order valence-corrected chi connectivity index (χ0v) is 14.6. The van der Waals surface area contributed by atoms with Crippen LogP contribution in [0.3, 0.4) is 0 Å². The molecule has 1 unspecified atom stereocenters. The van der Waals surface area contributed by atoms with Gasteiger partial charge in [-0.05, 0) is 30.3 Å². The molecule has 1 atom stereocenters. The van der Waals surface area contributed by atoms with Gasteiger partial charge in [0.25, 0.3) is 5.89 Å². The highest BCUT2D eigenvalue weighted by molar-refractivity contribution is 5.73. The van der Waals surface area contributed by atoms with Crippen molar-refractivity contribution in [3.63, 3.8) is 0 Å². The van der Waals surface area contributed by atoms with Crippen molar-refractivity contribution in [1.82, 2.24) is 15.2 Å². The molecule has 1 saturated heterocycles. The molecule has 3 aromatic rings.